The SMILES string of the molecule is Cc1cc(N2C[C@H](C)n3ncc(C(=O)Nc4cnccc4C)c3C2=O)ccc1Cl. The zero-order chi connectivity index (χ0) is 20.7. The Kier molecular flexibility index (Phi) is 4.84. The number of aryl methyl sites for hydroxylation is 2. The van der Waals surface area contributed by atoms with E-state index in [1.54, 1.807) is 34.1 Å². The Morgan fingerprint density at radius 2 is 2.00 bits per heavy atom. The first-order valence-corrected chi connectivity index (χ1v) is 9.62. The van der Waals surface area contributed by atoms with E-state index in [2.05, 4.69) is 15.4 Å². The minimum Gasteiger partial charge on any atom is -0.320 e. The molecule has 7 nitrogen and oxygen atoms in total. The van der Waals surface area contributed by atoms with Gasteiger partial charge < -0.3 is 10.2 Å². The first-order chi connectivity index (χ1) is 13.9. The van der Waals surface area contributed by atoms with Crippen LogP contribution < -0.4 is 10.2 Å². The van der Waals surface area contributed by atoms with Crippen molar-refractivity contribution in [2.24, 2.45) is 0 Å². The molecule has 1 aliphatic heterocycles. The Balaban J connectivity index is 1.70. The normalized spacial score (nSPS) is 15.9. The van der Waals surface area contributed by atoms with E-state index in [0.717, 1.165) is 16.8 Å². The van der Waals surface area contributed by atoms with Crippen LogP contribution in [0.25, 0.3) is 0 Å². The van der Waals surface area contributed by atoms with Crippen LogP contribution in [0.2, 0.25) is 5.02 Å². The highest BCUT2D eigenvalue weighted by Gasteiger charge is 2.35. The van der Waals surface area contributed by atoms with Crippen molar-refractivity contribution in [2.45, 2.75) is 26.8 Å². The number of carbonyl (C=O) groups is 2. The number of hydrogen-bond acceptors (Lipinski definition) is 4. The number of amides is 2. The lowest BCUT2D eigenvalue weighted by Gasteiger charge is -2.32. The fourth-order valence-corrected chi connectivity index (χ4v) is 3.55. The number of anilines is 2. The number of rotatable bonds is 3. The van der Waals surface area contributed by atoms with Crippen LogP contribution in [0.1, 0.15) is 44.9 Å². The molecule has 0 aliphatic carbocycles. The minimum absolute atomic E-state index is 0.0830. The molecule has 0 spiro atoms. The van der Waals surface area contributed by atoms with Crippen LogP contribution in [0.3, 0.4) is 0 Å². The number of pyridine rings is 1. The summed E-state index contributed by atoms with van der Waals surface area (Å²) in [6, 6.07) is 7.18. The molecular formula is C21H20ClN5O2. The van der Waals surface area contributed by atoms with E-state index >= 15 is 0 Å². The van der Waals surface area contributed by atoms with Crippen LogP contribution >= 0.6 is 11.6 Å². The van der Waals surface area contributed by atoms with Gasteiger partial charge in [0.2, 0.25) is 0 Å². The summed E-state index contributed by atoms with van der Waals surface area (Å²) in [6.45, 7) is 6.19. The standard InChI is InChI=1S/C21H20ClN5O2/c1-12-6-7-23-10-18(12)25-20(28)16-9-24-27-14(3)11-26(21(29)19(16)27)15-4-5-17(22)13(2)8-15/h4-10,14H,11H2,1-3H3,(H,25,28)/t14-/m0/s1. The molecule has 1 N–H and O–H groups in total. The molecule has 148 valence electrons. The number of halogens is 1. The molecule has 0 saturated carbocycles. The number of nitrogens with zero attached hydrogens (tertiary/aromatic N) is 4. The lowest BCUT2D eigenvalue weighted by Crippen LogP contribution is -2.43. The molecule has 0 unspecified atom stereocenters. The molecule has 0 fully saturated rings. The Bertz CT molecular complexity index is 1120. The molecule has 8 heteroatoms. The van der Waals surface area contributed by atoms with E-state index in [-0.39, 0.29) is 23.2 Å². The Morgan fingerprint density at radius 3 is 2.72 bits per heavy atom. The summed E-state index contributed by atoms with van der Waals surface area (Å²) in [5.74, 6) is -0.660. The molecule has 29 heavy (non-hydrogen) atoms. The van der Waals surface area contributed by atoms with E-state index in [1.807, 2.05) is 32.9 Å². The molecule has 4 rings (SSSR count). The quantitative estimate of drug-likeness (QED) is 0.708. The maximum atomic E-state index is 13.3. The number of hydrogen-bond donors (Lipinski definition) is 1. The van der Waals surface area contributed by atoms with Crippen LogP contribution in [-0.2, 0) is 0 Å². The van der Waals surface area contributed by atoms with Crippen molar-refractivity contribution in [3.63, 3.8) is 0 Å². The van der Waals surface area contributed by atoms with Crippen molar-refractivity contribution in [3.8, 4) is 0 Å². The number of nitrogens with one attached hydrogen (secondary N) is 1. The van der Waals surface area contributed by atoms with Crippen molar-refractivity contribution in [3.05, 3.63) is 70.3 Å². The molecule has 1 atom stereocenters. The van der Waals surface area contributed by atoms with Gasteiger partial charge in [0.1, 0.15) is 5.69 Å². The average Bonchev–Trinajstić information content (AvgIpc) is 3.15. The van der Waals surface area contributed by atoms with Crippen molar-refractivity contribution in [2.75, 3.05) is 16.8 Å². The smallest absolute Gasteiger partial charge is 0.277 e. The van der Waals surface area contributed by atoms with Crippen LogP contribution in [0, 0.1) is 13.8 Å². The predicted octanol–water partition coefficient (Wildman–Crippen LogP) is 4.02. The van der Waals surface area contributed by atoms with Crippen LogP contribution in [-0.4, -0.2) is 33.1 Å². The summed E-state index contributed by atoms with van der Waals surface area (Å²) in [6.07, 6.45) is 4.68. The van der Waals surface area contributed by atoms with Gasteiger partial charge in [-0.2, -0.15) is 5.10 Å². The van der Waals surface area contributed by atoms with Gasteiger partial charge in [-0.15, -0.1) is 0 Å². The van der Waals surface area contributed by atoms with Crippen molar-refractivity contribution in [1.82, 2.24) is 14.8 Å². The zero-order valence-corrected chi connectivity index (χ0v) is 17.1. The number of aromatic nitrogens is 3. The maximum absolute atomic E-state index is 13.3. The average molecular weight is 410 g/mol. The van der Waals surface area contributed by atoms with Gasteiger partial charge >= 0.3 is 0 Å². The third-order valence-corrected chi connectivity index (χ3v) is 5.52. The van der Waals surface area contributed by atoms with Gasteiger partial charge in [0, 0.05) is 23.5 Å². The Morgan fingerprint density at radius 1 is 1.21 bits per heavy atom. The Hall–Kier alpha value is -3.19. The van der Waals surface area contributed by atoms with Gasteiger partial charge in [0.25, 0.3) is 11.8 Å². The van der Waals surface area contributed by atoms with Gasteiger partial charge in [-0.05, 0) is 56.2 Å². The molecular weight excluding hydrogens is 390 g/mol. The summed E-state index contributed by atoms with van der Waals surface area (Å²) in [4.78, 5) is 31.9. The van der Waals surface area contributed by atoms with Crippen molar-refractivity contribution in [1.29, 1.82) is 0 Å². The highest BCUT2D eigenvalue weighted by Crippen LogP contribution is 2.30. The number of fused-ring (bicyclic) bond motifs is 1. The first kappa shape index (κ1) is 19.1. The summed E-state index contributed by atoms with van der Waals surface area (Å²) >= 11 is 6.13. The second kappa shape index (κ2) is 7.33. The van der Waals surface area contributed by atoms with Crippen molar-refractivity contribution >= 4 is 34.8 Å². The van der Waals surface area contributed by atoms with Gasteiger partial charge in [-0.1, -0.05) is 11.6 Å². The highest BCUT2D eigenvalue weighted by molar-refractivity contribution is 6.31. The molecule has 1 aromatic carbocycles. The van der Waals surface area contributed by atoms with Gasteiger partial charge in [-0.3, -0.25) is 19.3 Å². The van der Waals surface area contributed by atoms with E-state index in [9.17, 15) is 9.59 Å². The van der Waals surface area contributed by atoms with E-state index in [1.165, 1.54) is 6.20 Å². The van der Waals surface area contributed by atoms with Gasteiger partial charge in [0.05, 0.1) is 29.7 Å². The monoisotopic (exact) mass is 409 g/mol. The summed E-state index contributed by atoms with van der Waals surface area (Å²) in [7, 11) is 0. The molecule has 2 aromatic heterocycles. The highest BCUT2D eigenvalue weighted by atomic mass is 35.5. The van der Waals surface area contributed by atoms with Gasteiger partial charge in [-0.25, -0.2) is 0 Å². The van der Waals surface area contributed by atoms with E-state index in [0.29, 0.717) is 17.3 Å². The van der Waals surface area contributed by atoms with E-state index < -0.39 is 5.91 Å². The van der Waals surface area contributed by atoms with Gasteiger partial charge in [0.15, 0.2) is 0 Å². The molecule has 0 bridgehead atoms. The minimum atomic E-state index is -0.392. The third-order valence-electron chi connectivity index (χ3n) is 5.09. The zero-order valence-electron chi connectivity index (χ0n) is 16.3. The largest absolute Gasteiger partial charge is 0.320 e. The molecule has 2 amide bonds. The second-order valence-electron chi connectivity index (χ2n) is 7.19. The third kappa shape index (κ3) is 3.38. The number of carbonyl (C=O) groups excluding carboxylic acids is 2. The fourth-order valence-electron chi connectivity index (χ4n) is 3.43. The van der Waals surface area contributed by atoms with E-state index in [4.69, 9.17) is 11.6 Å². The van der Waals surface area contributed by atoms with Crippen LogP contribution in [0.4, 0.5) is 11.4 Å². The first-order valence-electron chi connectivity index (χ1n) is 9.24. The van der Waals surface area contributed by atoms with Crippen LogP contribution in [0.5, 0.6) is 0 Å². The summed E-state index contributed by atoms with van der Waals surface area (Å²) < 4.78 is 1.62. The molecule has 3 heterocycles. The number of benzene rings is 1. The summed E-state index contributed by atoms with van der Waals surface area (Å²) in [5, 5.41) is 7.77. The maximum Gasteiger partial charge on any atom is 0.277 e. The lowest BCUT2D eigenvalue weighted by atomic mass is 10.1. The molecule has 1 aliphatic rings. The Labute approximate surface area is 173 Å². The second-order valence-corrected chi connectivity index (χ2v) is 7.60. The lowest BCUT2D eigenvalue weighted by molar-refractivity contribution is 0.0939. The molecule has 0 radical (unpaired) electrons. The van der Waals surface area contributed by atoms with Crippen LogP contribution in [0.15, 0.2) is 42.9 Å². The topological polar surface area (TPSA) is 80.1 Å². The van der Waals surface area contributed by atoms with Crippen molar-refractivity contribution < 1.29 is 9.59 Å². The molecule has 3 aromatic rings. The predicted molar refractivity (Wildman–Crippen MR) is 112 cm³/mol. The fraction of sp³-hybridized carbons (Fsp3) is 0.238. The molecule has 0 saturated heterocycles. The summed E-state index contributed by atoms with van der Waals surface area (Å²) in [5.41, 5.74) is 3.61.